The van der Waals surface area contributed by atoms with Crippen molar-refractivity contribution in [3.05, 3.63) is 63.6 Å². The minimum absolute atomic E-state index is 0.180. The van der Waals surface area contributed by atoms with Crippen LogP contribution in [0, 0.1) is 10.8 Å². The lowest BCUT2D eigenvalue weighted by molar-refractivity contribution is -0.154. The van der Waals surface area contributed by atoms with Crippen LogP contribution in [0.25, 0.3) is 0 Å². The van der Waals surface area contributed by atoms with Crippen LogP contribution in [0.4, 0.5) is 0 Å². The number of halogens is 1. The van der Waals surface area contributed by atoms with Gasteiger partial charge in [0.1, 0.15) is 5.75 Å². The summed E-state index contributed by atoms with van der Waals surface area (Å²) in [7, 11) is 0. The summed E-state index contributed by atoms with van der Waals surface area (Å²) in [5.41, 5.74) is -0.316. The van der Waals surface area contributed by atoms with Gasteiger partial charge in [-0.1, -0.05) is 47.1 Å². The molecule has 3 aliphatic rings. The summed E-state index contributed by atoms with van der Waals surface area (Å²) in [6.45, 7) is 5.06. The fourth-order valence-corrected chi connectivity index (χ4v) is 6.17. The van der Waals surface area contributed by atoms with Crippen molar-refractivity contribution in [2.24, 2.45) is 10.8 Å². The number of hydrogen-bond acceptors (Lipinski definition) is 4. The molecule has 2 aromatic carbocycles. The maximum atomic E-state index is 13.9. The molecule has 0 unspecified atom stereocenters. The summed E-state index contributed by atoms with van der Waals surface area (Å²) >= 11 is 3.50. The van der Waals surface area contributed by atoms with Gasteiger partial charge in [0.25, 0.3) is 0 Å². The zero-order valence-corrected chi connectivity index (χ0v) is 19.9. The highest BCUT2D eigenvalue weighted by molar-refractivity contribution is 9.10. The predicted octanol–water partition coefficient (Wildman–Crippen LogP) is 4.92. The summed E-state index contributed by atoms with van der Waals surface area (Å²) in [6.07, 6.45) is 3.76. The zero-order valence-electron chi connectivity index (χ0n) is 18.3. The molecule has 2 fully saturated rings. The Bertz CT molecular complexity index is 1120. The van der Waals surface area contributed by atoms with Crippen molar-refractivity contribution in [1.29, 1.82) is 0 Å². The summed E-state index contributed by atoms with van der Waals surface area (Å²) < 4.78 is 6.54. The van der Waals surface area contributed by atoms with Crippen LogP contribution in [-0.2, 0) is 16.0 Å². The highest BCUT2D eigenvalue weighted by Crippen LogP contribution is 2.78. The molecule has 1 saturated heterocycles. The molecule has 6 heteroatoms. The Morgan fingerprint density at radius 3 is 2.44 bits per heavy atom. The van der Waals surface area contributed by atoms with Gasteiger partial charge < -0.3 is 9.64 Å². The number of hydrogen-bond donors (Lipinski definition) is 0. The highest BCUT2D eigenvalue weighted by atomic mass is 79.9. The number of piperidine rings is 1. The first-order valence-electron chi connectivity index (χ1n) is 11.3. The second-order valence-corrected chi connectivity index (χ2v) is 10.2. The Morgan fingerprint density at radius 1 is 1.09 bits per heavy atom. The number of ether oxygens (including phenoxy) is 1. The maximum Gasteiger partial charge on any atom is 0.328 e. The van der Waals surface area contributed by atoms with Crippen LogP contribution in [0.3, 0.4) is 0 Å². The van der Waals surface area contributed by atoms with E-state index < -0.39 is 22.7 Å². The third kappa shape index (κ3) is 2.78. The summed E-state index contributed by atoms with van der Waals surface area (Å²) in [5, 5.41) is 0. The van der Waals surface area contributed by atoms with E-state index in [0.29, 0.717) is 24.4 Å². The number of ketones is 1. The van der Waals surface area contributed by atoms with Gasteiger partial charge >= 0.3 is 5.97 Å². The molecular weight excluding hydrogens is 470 g/mol. The second kappa shape index (κ2) is 7.55. The minimum atomic E-state index is -1.52. The molecular formula is C26H26BrNO4. The van der Waals surface area contributed by atoms with Gasteiger partial charge in [0, 0.05) is 34.6 Å². The molecule has 166 valence electrons. The lowest BCUT2D eigenvalue weighted by Gasteiger charge is -2.32. The van der Waals surface area contributed by atoms with E-state index in [2.05, 4.69) is 22.9 Å². The Balaban J connectivity index is 1.64. The highest BCUT2D eigenvalue weighted by Gasteiger charge is 2.88. The quantitative estimate of drug-likeness (QED) is 0.261. The molecule has 0 aromatic heterocycles. The van der Waals surface area contributed by atoms with Gasteiger partial charge in [-0.2, -0.15) is 0 Å². The van der Waals surface area contributed by atoms with Gasteiger partial charge in [0.2, 0.25) is 5.91 Å². The standard InChI is InChI=1S/C26H26BrNO4/c1-3-16-7-9-17(10-8-16)22(29)25(2)21-19-15-18(27)11-12-20(19)32-24(31)26(21,25)23(30)28-13-5-4-6-14-28/h7-12,15,21H,3-6,13-14H2,1-2H3/t21-,25-,26+/m1/s1. The third-order valence-corrected chi connectivity index (χ3v) is 8.12. The van der Waals surface area contributed by atoms with E-state index >= 15 is 0 Å². The van der Waals surface area contributed by atoms with Crippen LogP contribution < -0.4 is 4.74 Å². The maximum absolute atomic E-state index is 13.9. The van der Waals surface area contributed by atoms with Gasteiger partial charge in [-0.25, -0.2) is 0 Å². The number of nitrogens with zero attached hydrogens (tertiary/aromatic N) is 1. The molecule has 3 atom stereocenters. The first kappa shape index (κ1) is 21.4. The Kier molecular flexibility index (Phi) is 5.04. The molecule has 2 heterocycles. The molecule has 5 rings (SSSR count). The number of likely N-dealkylation sites (tertiary alicyclic amines) is 1. The van der Waals surface area contributed by atoms with Gasteiger partial charge in [-0.15, -0.1) is 0 Å². The number of carbonyl (C=O) groups excluding carboxylic acids is 3. The molecule has 0 spiro atoms. The average Bonchev–Trinajstić information content (AvgIpc) is 3.42. The molecule has 1 aliphatic carbocycles. The first-order valence-corrected chi connectivity index (χ1v) is 12.1. The molecule has 0 N–H and O–H groups in total. The number of esters is 1. The molecule has 1 saturated carbocycles. The Morgan fingerprint density at radius 2 is 1.78 bits per heavy atom. The van der Waals surface area contributed by atoms with E-state index in [1.165, 1.54) is 0 Å². The third-order valence-electron chi connectivity index (χ3n) is 7.63. The van der Waals surface area contributed by atoms with Crippen LogP contribution in [0.1, 0.15) is 60.5 Å². The van der Waals surface area contributed by atoms with Crippen molar-refractivity contribution in [2.75, 3.05) is 13.1 Å². The van der Waals surface area contributed by atoms with Crippen molar-refractivity contribution in [3.8, 4) is 5.75 Å². The first-order chi connectivity index (χ1) is 15.4. The van der Waals surface area contributed by atoms with E-state index in [4.69, 9.17) is 4.74 Å². The van der Waals surface area contributed by atoms with E-state index in [1.54, 1.807) is 24.0 Å². The van der Waals surface area contributed by atoms with Gasteiger partial charge in [-0.05, 0) is 56.4 Å². The van der Waals surface area contributed by atoms with Crippen LogP contribution in [0.2, 0.25) is 0 Å². The number of carbonyl (C=O) groups is 3. The van der Waals surface area contributed by atoms with Gasteiger partial charge in [0.05, 0.1) is 5.41 Å². The van der Waals surface area contributed by atoms with E-state index in [0.717, 1.165) is 41.3 Å². The Hall–Kier alpha value is -2.47. The predicted molar refractivity (Wildman–Crippen MR) is 124 cm³/mol. The normalized spacial score (nSPS) is 28.4. The van der Waals surface area contributed by atoms with Crippen molar-refractivity contribution in [2.45, 2.75) is 45.4 Å². The van der Waals surface area contributed by atoms with Crippen molar-refractivity contribution < 1.29 is 19.1 Å². The van der Waals surface area contributed by atoms with Crippen molar-refractivity contribution in [1.82, 2.24) is 4.90 Å². The lowest BCUT2D eigenvalue weighted by atomic mass is 9.85. The largest absolute Gasteiger partial charge is 0.425 e. The molecule has 2 aliphatic heterocycles. The number of Topliss-reactive ketones (excluding diaryl/α,β-unsaturated/α-hetero) is 1. The monoisotopic (exact) mass is 495 g/mol. The van der Waals surface area contributed by atoms with Crippen LogP contribution >= 0.6 is 15.9 Å². The van der Waals surface area contributed by atoms with Crippen molar-refractivity contribution >= 4 is 33.6 Å². The molecule has 32 heavy (non-hydrogen) atoms. The van der Waals surface area contributed by atoms with Crippen LogP contribution in [-0.4, -0.2) is 35.6 Å². The number of aryl methyl sites for hydroxylation is 1. The fraction of sp³-hybridized carbons (Fsp3) is 0.423. The lowest BCUT2D eigenvalue weighted by Crippen LogP contribution is -2.49. The topological polar surface area (TPSA) is 63.7 Å². The summed E-state index contributed by atoms with van der Waals surface area (Å²) in [4.78, 5) is 43.1. The number of benzene rings is 2. The Labute approximate surface area is 196 Å². The van der Waals surface area contributed by atoms with Crippen molar-refractivity contribution in [3.63, 3.8) is 0 Å². The fourth-order valence-electron chi connectivity index (χ4n) is 5.79. The number of amides is 1. The van der Waals surface area contributed by atoms with Gasteiger partial charge in [-0.3, -0.25) is 14.4 Å². The number of fused-ring (bicyclic) bond motifs is 3. The number of rotatable bonds is 4. The van der Waals surface area contributed by atoms with Crippen LogP contribution in [0.5, 0.6) is 5.75 Å². The van der Waals surface area contributed by atoms with Gasteiger partial charge in [0.15, 0.2) is 11.2 Å². The molecule has 1 amide bonds. The zero-order chi connectivity index (χ0) is 22.7. The summed E-state index contributed by atoms with van der Waals surface area (Å²) in [5.74, 6) is -1.16. The molecule has 5 nitrogen and oxygen atoms in total. The van der Waals surface area contributed by atoms with E-state index in [1.807, 2.05) is 30.3 Å². The molecule has 0 bridgehead atoms. The van der Waals surface area contributed by atoms with E-state index in [-0.39, 0.29) is 11.7 Å². The second-order valence-electron chi connectivity index (χ2n) is 9.25. The van der Waals surface area contributed by atoms with Crippen LogP contribution in [0.15, 0.2) is 46.9 Å². The SMILES string of the molecule is CCc1ccc(C(=O)[C@@]2(C)[C@H]3c4cc(Br)ccc4OC(=O)[C@@]32C(=O)N2CCCCC2)cc1. The van der Waals surface area contributed by atoms with E-state index in [9.17, 15) is 14.4 Å². The minimum Gasteiger partial charge on any atom is -0.425 e. The molecule has 0 radical (unpaired) electrons. The smallest absolute Gasteiger partial charge is 0.328 e. The summed E-state index contributed by atoms with van der Waals surface area (Å²) in [6, 6.07) is 12.9. The average molecular weight is 496 g/mol. The molecule has 2 aromatic rings.